The van der Waals surface area contributed by atoms with Crippen molar-refractivity contribution in [2.45, 2.75) is 39.3 Å². The van der Waals surface area contributed by atoms with Gasteiger partial charge in [0.25, 0.3) is 0 Å². The highest BCUT2D eigenvalue weighted by Gasteiger charge is 2.44. The number of esters is 1. The minimum atomic E-state index is -0.825. The van der Waals surface area contributed by atoms with Gasteiger partial charge in [-0.3, -0.25) is 9.59 Å². The molecule has 2 aliphatic rings. The summed E-state index contributed by atoms with van der Waals surface area (Å²) in [5, 5.41) is 7.00. The first-order chi connectivity index (χ1) is 14.9. The molecule has 0 aromatic heterocycles. The summed E-state index contributed by atoms with van der Waals surface area (Å²) in [6.07, 6.45) is 0.552. The maximum Gasteiger partial charge on any atom is 0.316 e. The van der Waals surface area contributed by atoms with Crippen LogP contribution in [0.3, 0.4) is 0 Å². The molecule has 0 saturated carbocycles. The van der Waals surface area contributed by atoms with E-state index in [1.807, 2.05) is 69.3 Å². The highest BCUT2D eigenvalue weighted by Crippen LogP contribution is 2.45. The highest BCUT2D eigenvalue weighted by atomic mass is 16.5. The number of hydrogen-bond acceptors (Lipinski definition) is 6. The molecule has 0 spiro atoms. The Hall–Kier alpha value is -3.28. The summed E-state index contributed by atoms with van der Waals surface area (Å²) in [7, 11) is 1.33. The first-order valence-electron chi connectivity index (χ1n) is 10.6. The Morgan fingerprint density at radius 2 is 1.74 bits per heavy atom. The number of benzene rings is 2. The summed E-state index contributed by atoms with van der Waals surface area (Å²) in [6.45, 7) is 5.86. The van der Waals surface area contributed by atoms with Crippen LogP contribution in [0.15, 0.2) is 59.8 Å². The van der Waals surface area contributed by atoms with Crippen LogP contribution in [0.5, 0.6) is 5.75 Å². The van der Waals surface area contributed by atoms with Crippen LogP contribution in [-0.4, -0.2) is 25.0 Å². The maximum absolute atomic E-state index is 13.7. The monoisotopic (exact) mass is 420 g/mol. The van der Waals surface area contributed by atoms with Crippen molar-refractivity contribution in [1.29, 1.82) is 0 Å². The van der Waals surface area contributed by atoms with Crippen LogP contribution in [0.4, 0.5) is 11.4 Å². The minimum absolute atomic E-state index is 0.0179. The van der Waals surface area contributed by atoms with Gasteiger partial charge in [0, 0.05) is 16.8 Å². The van der Waals surface area contributed by atoms with E-state index in [4.69, 9.17) is 9.47 Å². The summed E-state index contributed by atoms with van der Waals surface area (Å²) < 4.78 is 11.0. The quantitative estimate of drug-likeness (QED) is 0.551. The lowest BCUT2D eigenvalue weighted by Crippen LogP contribution is -2.39. The van der Waals surface area contributed by atoms with Crippen LogP contribution < -0.4 is 15.4 Å². The second-order valence-corrected chi connectivity index (χ2v) is 8.39. The van der Waals surface area contributed by atoms with Crippen LogP contribution in [0.1, 0.15) is 38.8 Å². The number of ketones is 1. The summed E-state index contributed by atoms with van der Waals surface area (Å²) in [6, 6.07) is 15.1. The second kappa shape index (κ2) is 8.46. The first-order valence-corrected chi connectivity index (χ1v) is 10.6. The number of methoxy groups -OCH3 is 1. The fourth-order valence-electron chi connectivity index (χ4n) is 4.45. The molecule has 0 amide bonds. The average Bonchev–Trinajstić information content (AvgIpc) is 2.90. The van der Waals surface area contributed by atoms with Gasteiger partial charge in [0.1, 0.15) is 11.7 Å². The zero-order valence-electron chi connectivity index (χ0n) is 18.3. The highest BCUT2D eigenvalue weighted by molar-refractivity contribution is 6.11. The zero-order valence-corrected chi connectivity index (χ0v) is 18.3. The van der Waals surface area contributed by atoms with Gasteiger partial charge < -0.3 is 20.1 Å². The number of Topliss-reactive ketones (excluding diaryl/α,β-unsaturated/α-hetero) is 1. The molecule has 0 radical (unpaired) electrons. The molecule has 4 rings (SSSR count). The number of ether oxygens (including phenoxy) is 2. The van der Waals surface area contributed by atoms with Crippen molar-refractivity contribution < 1.29 is 19.1 Å². The third-order valence-electron chi connectivity index (χ3n) is 5.82. The topological polar surface area (TPSA) is 76.7 Å². The van der Waals surface area contributed by atoms with Crippen molar-refractivity contribution in [2.24, 2.45) is 11.8 Å². The van der Waals surface area contributed by atoms with Crippen LogP contribution in [-0.2, 0) is 14.3 Å². The molecule has 2 N–H and O–H groups in total. The third kappa shape index (κ3) is 3.90. The molecule has 6 heteroatoms. The Morgan fingerprint density at radius 1 is 1.06 bits per heavy atom. The molecule has 1 aliphatic carbocycles. The van der Waals surface area contributed by atoms with Crippen molar-refractivity contribution in [3.05, 3.63) is 65.4 Å². The predicted octanol–water partition coefficient (Wildman–Crippen LogP) is 4.70. The third-order valence-corrected chi connectivity index (χ3v) is 5.82. The fraction of sp³-hybridized carbons (Fsp3) is 0.360. The maximum atomic E-state index is 13.7. The van der Waals surface area contributed by atoms with Crippen molar-refractivity contribution in [3.63, 3.8) is 0 Å². The number of rotatable bonds is 4. The molecule has 1 heterocycles. The fourth-order valence-corrected chi connectivity index (χ4v) is 4.45. The van der Waals surface area contributed by atoms with Gasteiger partial charge in [-0.05, 0) is 44.4 Å². The standard InChI is InChI=1S/C25H28N2O4/c1-14(2)31-20-12-8-5-9-16(20)23-22-19(26-17-10-6-7-11-18(17)27-23)13-15(3)21(24(22)28)25(29)30-4/h5-12,14-15,21,23,26-27H,13H2,1-4H3/t15-,21-,23-/m0/s1. The van der Waals surface area contributed by atoms with E-state index in [0.29, 0.717) is 17.7 Å². The summed E-state index contributed by atoms with van der Waals surface area (Å²) in [4.78, 5) is 26.2. The van der Waals surface area contributed by atoms with E-state index in [2.05, 4.69) is 10.6 Å². The molecule has 0 unspecified atom stereocenters. The molecule has 0 bridgehead atoms. The van der Waals surface area contributed by atoms with E-state index < -0.39 is 17.9 Å². The Bertz CT molecular complexity index is 1040. The van der Waals surface area contributed by atoms with Crippen LogP contribution >= 0.6 is 0 Å². The Kier molecular flexibility index (Phi) is 5.72. The molecule has 6 nitrogen and oxygen atoms in total. The molecule has 3 atom stereocenters. The molecular formula is C25H28N2O4. The lowest BCUT2D eigenvalue weighted by molar-refractivity contribution is -0.151. The zero-order chi connectivity index (χ0) is 22.1. The molecule has 0 fully saturated rings. The van der Waals surface area contributed by atoms with E-state index in [9.17, 15) is 9.59 Å². The minimum Gasteiger partial charge on any atom is -0.491 e. The van der Waals surface area contributed by atoms with Gasteiger partial charge in [-0.15, -0.1) is 0 Å². The second-order valence-electron chi connectivity index (χ2n) is 8.39. The van der Waals surface area contributed by atoms with Gasteiger partial charge in [0.05, 0.1) is 30.6 Å². The molecule has 1 aliphatic heterocycles. The largest absolute Gasteiger partial charge is 0.491 e. The Labute approximate surface area is 182 Å². The van der Waals surface area contributed by atoms with Gasteiger partial charge in [-0.2, -0.15) is 0 Å². The number of para-hydroxylation sites is 3. The van der Waals surface area contributed by atoms with E-state index in [1.165, 1.54) is 7.11 Å². The van der Waals surface area contributed by atoms with E-state index in [0.717, 1.165) is 22.6 Å². The number of anilines is 2. The number of hydrogen-bond donors (Lipinski definition) is 2. The number of fused-ring (bicyclic) bond motifs is 1. The SMILES string of the molecule is COC(=O)[C@@H]1C(=O)C2=C(C[C@@H]1C)Nc1ccccc1N[C@H]2c1ccccc1OC(C)C. The van der Waals surface area contributed by atoms with Crippen molar-refractivity contribution >= 4 is 23.1 Å². The van der Waals surface area contributed by atoms with E-state index >= 15 is 0 Å². The van der Waals surface area contributed by atoms with Crippen LogP contribution in [0.25, 0.3) is 0 Å². The molecule has 2 aromatic rings. The lowest BCUT2D eigenvalue weighted by atomic mass is 9.74. The lowest BCUT2D eigenvalue weighted by Gasteiger charge is -2.33. The van der Waals surface area contributed by atoms with Crippen LogP contribution in [0, 0.1) is 11.8 Å². The van der Waals surface area contributed by atoms with Crippen LogP contribution in [0.2, 0.25) is 0 Å². The molecule has 31 heavy (non-hydrogen) atoms. The first kappa shape index (κ1) is 21.0. The molecular weight excluding hydrogens is 392 g/mol. The number of carbonyl (C=O) groups is 2. The Balaban J connectivity index is 1.89. The van der Waals surface area contributed by atoms with Gasteiger partial charge in [0.2, 0.25) is 0 Å². The summed E-state index contributed by atoms with van der Waals surface area (Å²) >= 11 is 0. The normalized spacial score (nSPS) is 22.6. The molecule has 162 valence electrons. The van der Waals surface area contributed by atoms with E-state index in [-0.39, 0.29) is 17.8 Å². The van der Waals surface area contributed by atoms with Gasteiger partial charge in [-0.25, -0.2) is 0 Å². The van der Waals surface area contributed by atoms with Crippen molar-refractivity contribution in [1.82, 2.24) is 0 Å². The molecule has 0 saturated heterocycles. The predicted molar refractivity (Wildman–Crippen MR) is 120 cm³/mol. The van der Waals surface area contributed by atoms with Crippen molar-refractivity contribution in [3.8, 4) is 5.75 Å². The van der Waals surface area contributed by atoms with Gasteiger partial charge in [0.15, 0.2) is 5.78 Å². The van der Waals surface area contributed by atoms with Gasteiger partial charge in [-0.1, -0.05) is 37.3 Å². The van der Waals surface area contributed by atoms with Crippen molar-refractivity contribution in [2.75, 3.05) is 17.7 Å². The summed E-state index contributed by atoms with van der Waals surface area (Å²) in [5.74, 6) is -0.982. The van der Waals surface area contributed by atoms with Gasteiger partial charge >= 0.3 is 5.97 Å². The Morgan fingerprint density at radius 3 is 2.45 bits per heavy atom. The molecule has 2 aromatic carbocycles. The smallest absolute Gasteiger partial charge is 0.316 e. The average molecular weight is 421 g/mol. The van der Waals surface area contributed by atoms with E-state index in [1.54, 1.807) is 0 Å². The summed E-state index contributed by atoms with van der Waals surface area (Å²) in [5.41, 5.74) is 4.03. The number of carbonyl (C=O) groups excluding carboxylic acids is 2. The number of nitrogens with one attached hydrogen (secondary N) is 2. The number of allylic oxidation sites excluding steroid dienone is 1.